The van der Waals surface area contributed by atoms with Crippen LogP contribution in [0.15, 0.2) is 52.2 Å². The molecule has 1 aliphatic carbocycles. The number of anilines is 1. The molecule has 0 saturated carbocycles. The maximum Gasteiger partial charge on any atom is 0.251 e. The van der Waals surface area contributed by atoms with Gasteiger partial charge in [-0.05, 0) is 74.9 Å². The summed E-state index contributed by atoms with van der Waals surface area (Å²) in [6, 6.07) is 12.0. The second-order valence-electron chi connectivity index (χ2n) is 8.34. The van der Waals surface area contributed by atoms with Crippen LogP contribution in [0.25, 0.3) is 10.9 Å². The predicted octanol–water partition coefficient (Wildman–Crippen LogP) is 3.77. The fraction of sp³-hybridized carbons (Fsp3) is 0.333. The van der Waals surface area contributed by atoms with Crippen LogP contribution in [0.4, 0.5) is 5.69 Å². The number of aromatic nitrogens is 1. The molecule has 0 fully saturated rings. The number of aromatic amines is 1. The summed E-state index contributed by atoms with van der Waals surface area (Å²) in [6.45, 7) is 3.28. The van der Waals surface area contributed by atoms with E-state index in [0.29, 0.717) is 5.69 Å². The van der Waals surface area contributed by atoms with Gasteiger partial charge in [-0.25, -0.2) is 8.42 Å². The smallest absolute Gasteiger partial charge is 0.251 e. The number of aryl methyl sites for hydroxylation is 1. The number of nitrogens with one attached hydrogen (secondary N) is 2. The molecule has 4 rings (SSSR count). The van der Waals surface area contributed by atoms with Gasteiger partial charge < -0.3 is 10.3 Å². The van der Waals surface area contributed by atoms with Gasteiger partial charge >= 0.3 is 0 Å². The van der Waals surface area contributed by atoms with Crippen molar-refractivity contribution in [2.75, 3.05) is 5.32 Å². The first-order chi connectivity index (χ1) is 14.8. The SMILES string of the molecule is CC(C)S(=O)(=O)c1ccc(CC(=O)Nc2ccc3c4c(c(=O)[nH]c3c2)CCCC4)cc1. The second-order valence-corrected chi connectivity index (χ2v) is 10.8. The summed E-state index contributed by atoms with van der Waals surface area (Å²) in [4.78, 5) is 28.1. The average molecular weight is 439 g/mol. The fourth-order valence-electron chi connectivity index (χ4n) is 4.10. The largest absolute Gasteiger partial charge is 0.326 e. The summed E-state index contributed by atoms with van der Waals surface area (Å²) in [5.74, 6) is -0.209. The Morgan fingerprint density at radius 2 is 1.71 bits per heavy atom. The predicted molar refractivity (Wildman–Crippen MR) is 122 cm³/mol. The van der Waals surface area contributed by atoms with E-state index < -0.39 is 15.1 Å². The van der Waals surface area contributed by atoms with Crippen LogP contribution in [-0.2, 0) is 33.9 Å². The van der Waals surface area contributed by atoms with Crippen LogP contribution in [0.3, 0.4) is 0 Å². The molecule has 0 atom stereocenters. The summed E-state index contributed by atoms with van der Waals surface area (Å²) in [7, 11) is -3.33. The summed E-state index contributed by atoms with van der Waals surface area (Å²) in [6.07, 6.45) is 3.97. The van der Waals surface area contributed by atoms with Crippen LogP contribution in [0.5, 0.6) is 0 Å². The Bertz CT molecular complexity index is 1310. The lowest BCUT2D eigenvalue weighted by Gasteiger charge is -2.17. The van der Waals surface area contributed by atoms with Crippen molar-refractivity contribution in [3.8, 4) is 0 Å². The van der Waals surface area contributed by atoms with Crippen molar-refractivity contribution in [2.45, 2.75) is 56.1 Å². The lowest BCUT2D eigenvalue weighted by atomic mass is 9.90. The monoisotopic (exact) mass is 438 g/mol. The van der Waals surface area contributed by atoms with Gasteiger partial charge in [0.15, 0.2) is 9.84 Å². The Morgan fingerprint density at radius 3 is 2.39 bits per heavy atom. The van der Waals surface area contributed by atoms with E-state index in [2.05, 4.69) is 10.3 Å². The molecule has 31 heavy (non-hydrogen) atoms. The number of benzene rings is 2. The third-order valence-corrected chi connectivity index (χ3v) is 8.03. The lowest BCUT2D eigenvalue weighted by Crippen LogP contribution is -2.19. The van der Waals surface area contributed by atoms with Gasteiger partial charge in [0.2, 0.25) is 5.91 Å². The summed E-state index contributed by atoms with van der Waals surface area (Å²) < 4.78 is 24.4. The van der Waals surface area contributed by atoms with Gasteiger partial charge in [0.1, 0.15) is 0 Å². The van der Waals surface area contributed by atoms with Gasteiger partial charge in [0.05, 0.1) is 22.1 Å². The van der Waals surface area contributed by atoms with E-state index in [1.165, 1.54) is 0 Å². The molecule has 1 aromatic heterocycles. The molecule has 2 aromatic carbocycles. The topological polar surface area (TPSA) is 96.1 Å². The zero-order valence-electron chi connectivity index (χ0n) is 17.7. The van der Waals surface area contributed by atoms with Gasteiger partial charge in [-0.2, -0.15) is 0 Å². The van der Waals surface area contributed by atoms with E-state index >= 15 is 0 Å². The van der Waals surface area contributed by atoms with E-state index in [4.69, 9.17) is 0 Å². The third kappa shape index (κ3) is 4.28. The molecule has 1 amide bonds. The zero-order chi connectivity index (χ0) is 22.2. The quantitative estimate of drug-likeness (QED) is 0.634. The molecule has 1 heterocycles. The Morgan fingerprint density at radius 1 is 1.03 bits per heavy atom. The molecule has 6 nitrogen and oxygen atoms in total. The van der Waals surface area contributed by atoms with Crippen molar-refractivity contribution in [2.24, 2.45) is 0 Å². The van der Waals surface area contributed by atoms with Crippen molar-refractivity contribution < 1.29 is 13.2 Å². The number of H-pyrrole nitrogens is 1. The zero-order valence-corrected chi connectivity index (χ0v) is 18.5. The molecule has 2 N–H and O–H groups in total. The van der Waals surface area contributed by atoms with E-state index in [1.54, 1.807) is 44.2 Å². The minimum atomic E-state index is -3.33. The normalized spacial score (nSPS) is 13.9. The lowest BCUT2D eigenvalue weighted by molar-refractivity contribution is -0.115. The molecular weight excluding hydrogens is 412 g/mol. The van der Waals surface area contributed by atoms with Gasteiger partial charge in [0, 0.05) is 16.6 Å². The molecule has 7 heteroatoms. The molecule has 1 aliphatic rings. The van der Waals surface area contributed by atoms with Crippen LogP contribution in [0, 0.1) is 0 Å². The number of amides is 1. The van der Waals surface area contributed by atoms with E-state index in [0.717, 1.165) is 53.3 Å². The number of hydrogen-bond donors (Lipinski definition) is 2. The highest BCUT2D eigenvalue weighted by Crippen LogP contribution is 2.27. The maximum atomic E-state index is 12.5. The average Bonchev–Trinajstić information content (AvgIpc) is 2.74. The summed E-state index contributed by atoms with van der Waals surface area (Å²) in [5, 5.41) is 3.41. The first kappa shape index (κ1) is 21.3. The Hall–Kier alpha value is -2.93. The van der Waals surface area contributed by atoms with E-state index in [9.17, 15) is 18.0 Å². The molecule has 0 bridgehead atoms. The molecule has 0 unspecified atom stereocenters. The minimum Gasteiger partial charge on any atom is -0.326 e. The Kier molecular flexibility index (Phi) is 5.71. The molecular formula is C24H26N2O4S. The molecule has 0 aliphatic heterocycles. The molecule has 0 spiro atoms. The van der Waals surface area contributed by atoms with Gasteiger partial charge in [-0.3, -0.25) is 9.59 Å². The van der Waals surface area contributed by atoms with E-state index in [-0.39, 0.29) is 22.8 Å². The van der Waals surface area contributed by atoms with Gasteiger partial charge in [0.25, 0.3) is 5.56 Å². The number of sulfone groups is 1. The maximum absolute atomic E-state index is 12.5. The first-order valence-electron chi connectivity index (χ1n) is 10.6. The molecule has 0 radical (unpaired) electrons. The third-order valence-electron chi connectivity index (χ3n) is 5.86. The van der Waals surface area contributed by atoms with Crippen LogP contribution in [-0.4, -0.2) is 24.6 Å². The molecule has 3 aromatic rings. The Balaban J connectivity index is 1.50. The first-order valence-corrected chi connectivity index (χ1v) is 12.1. The highest BCUT2D eigenvalue weighted by Gasteiger charge is 2.19. The van der Waals surface area contributed by atoms with Crippen LogP contribution in [0.1, 0.15) is 43.4 Å². The van der Waals surface area contributed by atoms with Crippen LogP contribution < -0.4 is 10.9 Å². The minimum absolute atomic E-state index is 0.0397. The highest BCUT2D eigenvalue weighted by molar-refractivity contribution is 7.92. The van der Waals surface area contributed by atoms with Gasteiger partial charge in [-0.1, -0.05) is 18.2 Å². The van der Waals surface area contributed by atoms with Crippen molar-refractivity contribution in [1.82, 2.24) is 4.98 Å². The van der Waals surface area contributed by atoms with Crippen molar-refractivity contribution in [3.05, 3.63) is 69.5 Å². The standard InChI is InChI=1S/C24H26N2O4S/c1-15(2)31(29,30)18-10-7-16(8-11-18)13-23(27)25-17-9-12-20-19-5-3-4-6-21(19)24(28)26-22(20)14-17/h7-12,14-15H,3-6,13H2,1-2H3,(H,25,27)(H,26,28). The van der Waals surface area contributed by atoms with Gasteiger partial charge in [-0.15, -0.1) is 0 Å². The van der Waals surface area contributed by atoms with E-state index in [1.807, 2.05) is 12.1 Å². The number of carbonyl (C=O) groups excluding carboxylic acids is 1. The fourth-order valence-corrected chi connectivity index (χ4v) is 5.16. The molecule has 0 saturated heterocycles. The van der Waals surface area contributed by atoms with Crippen LogP contribution in [0.2, 0.25) is 0 Å². The number of pyridine rings is 1. The van der Waals surface area contributed by atoms with Crippen molar-refractivity contribution in [3.63, 3.8) is 0 Å². The number of fused-ring (bicyclic) bond motifs is 3. The number of hydrogen-bond acceptors (Lipinski definition) is 4. The Labute approximate surface area is 181 Å². The number of carbonyl (C=O) groups is 1. The van der Waals surface area contributed by atoms with Crippen molar-refractivity contribution >= 4 is 32.3 Å². The summed E-state index contributed by atoms with van der Waals surface area (Å²) >= 11 is 0. The second kappa shape index (κ2) is 8.30. The van der Waals surface area contributed by atoms with Crippen molar-refractivity contribution in [1.29, 1.82) is 0 Å². The summed E-state index contributed by atoms with van der Waals surface area (Å²) in [5.41, 5.74) is 4.04. The number of rotatable bonds is 5. The molecule has 162 valence electrons. The highest BCUT2D eigenvalue weighted by atomic mass is 32.2. The van der Waals surface area contributed by atoms with Crippen LogP contribution >= 0.6 is 0 Å².